The number of alkyl halides is 3. The Hall–Kier alpha value is -1.27. The quantitative estimate of drug-likeness (QED) is 0.786. The van der Waals surface area contributed by atoms with Gasteiger partial charge in [0.15, 0.2) is 0 Å². The predicted octanol–water partition coefficient (Wildman–Crippen LogP) is 4.05. The normalized spacial score (nSPS) is 14.8. The zero-order valence-corrected chi connectivity index (χ0v) is 12.5. The molecule has 6 heteroatoms. The molecule has 0 amide bonds. The zero-order chi connectivity index (χ0) is 15.9. The third-order valence-corrected chi connectivity index (χ3v) is 2.99. The van der Waals surface area contributed by atoms with Gasteiger partial charge in [0, 0.05) is 12.2 Å². The lowest BCUT2D eigenvalue weighted by Crippen LogP contribution is -2.33. The van der Waals surface area contributed by atoms with Crippen molar-refractivity contribution >= 4 is 0 Å². The van der Waals surface area contributed by atoms with Crippen molar-refractivity contribution in [2.24, 2.45) is 0 Å². The number of para-hydroxylation sites is 1. The lowest BCUT2D eigenvalue weighted by atomic mass is 10.0. The van der Waals surface area contributed by atoms with Crippen molar-refractivity contribution in [3.63, 3.8) is 0 Å². The molecule has 0 saturated carbocycles. The first-order chi connectivity index (χ1) is 9.89. The van der Waals surface area contributed by atoms with Crippen LogP contribution in [-0.2, 0) is 4.74 Å². The topological polar surface area (TPSA) is 30.5 Å². The Bertz CT molecular complexity index is 424. The summed E-state index contributed by atoms with van der Waals surface area (Å²) in [5, 5.41) is 3.22. The van der Waals surface area contributed by atoms with Crippen LogP contribution in [0.15, 0.2) is 24.3 Å². The van der Waals surface area contributed by atoms with Crippen LogP contribution in [0, 0.1) is 0 Å². The lowest BCUT2D eigenvalue weighted by molar-refractivity contribution is -0.275. The molecule has 3 nitrogen and oxygen atoms in total. The van der Waals surface area contributed by atoms with Crippen molar-refractivity contribution in [2.45, 2.75) is 45.7 Å². The van der Waals surface area contributed by atoms with Crippen LogP contribution in [0.3, 0.4) is 0 Å². The number of halogens is 3. The fourth-order valence-corrected chi connectivity index (χ4v) is 2.14. The summed E-state index contributed by atoms with van der Waals surface area (Å²) in [6.45, 7) is 6.86. The second kappa shape index (κ2) is 8.24. The van der Waals surface area contributed by atoms with Crippen LogP contribution in [0.25, 0.3) is 0 Å². The van der Waals surface area contributed by atoms with Crippen molar-refractivity contribution in [1.82, 2.24) is 5.32 Å². The van der Waals surface area contributed by atoms with Crippen LogP contribution in [0.5, 0.6) is 5.75 Å². The van der Waals surface area contributed by atoms with Gasteiger partial charge < -0.3 is 14.8 Å². The molecule has 2 atom stereocenters. The minimum absolute atomic E-state index is 0.190. The Morgan fingerprint density at radius 3 is 2.43 bits per heavy atom. The zero-order valence-electron chi connectivity index (χ0n) is 12.5. The van der Waals surface area contributed by atoms with Gasteiger partial charge >= 0.3 is 6.36 Å². The van der Waals surface area contributed by atoms with Crippen molar-refractivity contribution in [3.8, 4) is 5.75 Å². The first-order valence-electron chi connectivity index (χ1n) is 7.08. The van der Waals surface area contributed by atoms with Gasteiger partial charge in [-0.25, -0.2) is 0 Å². The van der Waals surface area contributed by atoms with Gasteiger partial charge in [-0.2, -0.15) is 0 Å². The van der Waals surface area contributed by atoms with E-state index in [2.05, 4.69) is 10.1 Å². The number of rotatable bonds is 8. The third-order valence-electron chi connectivity index (χ3n) is 2.99. The number of nitrogens with one attached hydrogen (secondary N) is 1. The van der Waals surface area contributed by atoms with E-state index >= 15 is 0 Å². The van der Waals surface area contributed by atoms with Gasteiger partial charge in [0.2, 0.25) is 0 Å². The molecular weight excluding hydrogens is 283 g/mol. The fraction of sp³-hybridized carbons (Fsp3) is 0.600. The molecule has 120 valence electrons. The summed E-state index contributed by atoms with van der Waals surface area (Å²) in [5.74, 6) is -0.190. The minimum Gasteiger partial charge on any atom is -0.405 e. The van der Waals surface area contributed by atoms with E-state index in [1.165, 1.54) is 12.1 Å². The van der Waals surface area contributed by atoms with E-state index in [1.54, 1.807) is 12.1 Å². The standard InChI is InChI=1S/C15H22F3NO2/c1-4-10-19-14(11(3)20-5-2)12-8-6-7-9-13(12)21-15(16,17)18/h6-9,11,14,19H,4-5,10H2,1-3H3. The summed E-state index contributed by atoms with van der Waals surface area (Å²) < 4.78 is 47.2. The van der Waals surface area contributed by atoms with Gasteiger partial charge in [0.1, 0.15) is 5.75 Å². The van der Waals surface area contributed by atoms with Gasteiger partial charge in [0.05, 0.1) is 12.1 Å². The van der Waals surface area contributed by atoms with E-state index in [0.717, 1.165) is 6.42 Å². The van der Waals surface area contributed by atoms with Crippen LogP contribution in [0.2, 0.25) is 0 Å². The second-order valence-corrected chi connectivity index (χ2v) is 4.68. The number of ether oxygens (including phenoxy) is 2. The Morgan fingerprint density at radius 2 is 1.86 bits per heavy atom. The van der Waals surface area contributed by atoms with Crippen molar-refractivity contribution < 1.29 is 22.6 Å². The highest BCUT2D eigenvalue weighted by Crippen LogP contribution is 2.32. The largest absolute Gasteiger partial charge is 0.573 e. The average molecular weight is 305 g/mol. The first-order valence-corrected chi connectivity index (χ1v) is 7.08. The Labute approximate surface area is 123 Å². The average Bonchev–Trinajstić information content (AvgIpc) is 2.39. The molecule has 0 fully saturated rings. The SMILES string of the molecule is CCCNC(c1ccccc1OC(F)(F)F)C(C)OCC. The molecule has 0 bridgehead atoms. The summed E-state index contributed by atoms with van der Waals surface area (Å²) >= 11 is 0. The second-order valence-electron chi connectivity index (χ2n) is 4.68. The molecule has 21 heavy (non-hydrogen) atoms. The fourth-order valence-electron chi connectivity index (χ4n) is 2.14. The highest BCUT2D eigenvalue weighted by atomic mass is 19.4. The van der Waals surface area contributed by atoms with E-state index in [4.69, 9.17) is 4.74 Å². The molecule has 0 radical (unpaired) electrons. The van der Waals surface area contributed by atoms with Gasteiger partial charge in [-0.1, -0.05) is 25.1 Å². The van der Waals surface area contributed by atoms with Gasteiger partial charge in [-0.15, -0.1) is 13.2 Å². The van der Waals surface area contributed by atoms with Crippen LogP contribution >= 0.6 is 0 Å². The Balaban J connectivity index is 3.05. The summed E-state index contributed by atoms with van der Waals surface area (Å²) in [6.07, 6.45) is -4.10. The highest BCUT2D eigenvalue weighted by Gasteiger charge is 2.33. The molecule has 1 aromatic rings. The minimum atomic E-state index is -4.71. The van der Waals surface area contributed by atoms with Crippen LogP contribution in [0.1, 0.15) is 38.8 Å². The molecule has 1 N–H and O–H groups in total. The molecule has 0 aliphatic carbocycles. The molecule has 0 aliphatic rings. The lowest BCUT2D eigenvalue weighted by Gasteiger charge is -2.27. The summed E-state index contributed by atoms with van der Waals surface area (Å²) in [4.78, 5) is 0. The number of hydrogen-bond acceptors (Lipinski definition) is 3. The van der Waals surface area contributed by atoms with Crippen molar-refractivity contribution in [1.29, 1.82) is 0 Å². The number of hydrogen-bond donors (Lipinski definition) is 1. The maximum atomic E-state index is 12.5. The molecule has 0 aromatic heterocycles. The molecule has 0 saturated heterocycles. The first kappa shape index (κ1) is 17.8. The third kappa shape index (κ3) is 5.93. The number of benzene rings is 1. The van der Waals surface area contributed by atoms with Crippen molar-refractivity contribution in [3.05, 3.63) is 29.8 Å². The van der Waals surface area contributed by atoms with Gasteiger partial charge in [-0.3, -0.25) is 0 Å². The van der Waals surface area contributed by atoms with Gasteiger partial charge in [0.25, 0.3) is 0 Å². The molecule has 0 heterocycles. The monoisotopic (exact) mass is 305 g/mol. The van der Waals surface area contributed by atoms with Crippen LogP contribution in [-0.4, -0.2) is 25.6 Å². The maximum absolute atomic E-state index is 12.5. The molecular formula is C15H22F3NO2. The van der Waals surface area contributed by atoms with Gasteiger partial charge in [-0.05, 0) is 32.9 Å². The molecule has 0 spiro atoms. The van der Waals surface area contributed by atoms with E-state index in [-0.39, 0.29) is 17.9 Å². The molecule has 1 aromatic carbocycles. The van der Waals surface area contributed by atoms with E-state index in [1.807, 2.05) is 20.8 Å². The predicted molar refractivity (Wildman–Crippen MR) is 75.2 cm³/mol. The van der Waals surface area contributed by atoms with E-state index in [9.17, 15) is 13.2 Å². The molecule has 1 rings (SSSR count). The molecule has 2 unspecified atom stereocenters. The summed E-state index contributed by atoms with van der Waals surface area (Å²) in [6, 6.07) is 5.81. The van der Waals surface area contributed by atoms with E-state index in [0.29, 0.717) is 18.7 Å². The van der Waals surface area contributed by atoms with Crippen LogP contribution < -0.4 is 10.1 Å². The smallest absolute Gasteiger partial charge is 0.405 e. The highest BCUT2D eigenvalue weighted by molar-refractivity contribution is 5.36. The Morgan fingerprint density at radius 1 is 1.19 bits per heavy atom. The van der Waals surface area contributed by atoms with Crippen molar-refractivity contribution in [2.75, 3.05) is 13.2 Å². The van der Waals surface area contributed by atoms with Crippen LogP contribution in [0.4, 0.5) is 13.2 Å². The molecule has 0 aliphatic heterocycles. The maximum Gasteiger partial charge on any atom is 0.573 e. The summed E-state index contributed by atoms with van der Waals surface area (Å²) in [7, 11) is 0. The summed E-state index contributed by atoms with van der Waals surface area (Å²) in [5.41, 5.74) is 0.448. The Kier molecular flexibility index (Phi) is 6.98. The van der Waals surface area contributed by atoms with E-state index < -0.39 is 6.36 Å².